The van der Waals surface area contributed by atoms with Crippen LogP contribution in [0.15, 0.2) is 29.2 Å². The van der Waals surface area contributed by atoms with E-state index in [4.69, 9.17) is 5.11 Å². The van der Waals surface area contributed by atoms with E-state index in [1.54, 1.807) is 24.0 Å². The molecule has 1 aliphatic carbocycles. The molecule has 0 aromatic heterocycles. The number of aliphatic carboxylic acids is 1. The van der Waals surface area contributed by atoms with Gasteiger partial charge in [-0.05, 0) is 37.1 Å². The van der Waals surface area contributed by atoms with Gasteiger partial charge in [-0.2, -0.15) is 0 Å². The summed E-state index contributed by atoms with van der Waals surface area (Å²) in [6.07, 6.45) is 2.29. The lowest BCUT2D eigenvalue weighted by Crippen LogP contribution is -2.38. The second kappa shape index (κ2) is 7.63. The molecule has 4 nitrogen and oxygen atoms in total. The molecule has 0 spiro atoms. The number of thioether (sulfide) groups is 1. The number of amides is 1. The van der Waals surface area contributed by atoms with Gasteiger partial charge in [0.05, 0.1) is 5.92 Å². The Kier molecular flexibility index (Phi) is 5.83. The van der Waals surface area contributed by atoms with Crippen molar-refractivity contribution < 1.29 is 19.1 Å². The Labute approximate surface area is 133 Å². The van der Waals surface area contributed by atoms with Crippen molar-refractivity contribution >= 4 is 23.6 Å². The van der Waals surface area contributed by atoms with Gasteiger partial charge in [0, 0.05) is 29.7 Å². The summed E-state index contributed by atoms with van der Waals surface area (Å²) in [6.45, 7) is 1.90. The predicted octanol–water partition coefficient (Wildman–Crippen LogP) is 3.02. The van der Waals surface area contributed by atoms with Gasteiger partial charge in [-0.25, -0.2) is 4.39 Å². The molecule has 1 saturated carbocycles. The fraction of sp³-hybridized carbons (Fsp3) is 0.500. The van der Waals surface area contributed by atoms with E-state index in [0.29, 0.717) is 12.2 Å². The number of halogens is 1. The number of carbonyl (C=O) groups is 2. The summed E-state index contributed by atoms with van der Waals surface area (Å²) in [7, 11) is 0. The Bertz CT molecular complexity index is 531. The lowest BCUT2D eigenvalue weighted by atomic mass is 10.1. The predicted molar refractivity (Wildman–Crippen MR) is 83.3 cm³/mol. The van der Waals surface area contributed by atoms with E-state index >= 15 is 0 Å². The average molecular weight is 325 g/mol. The van der Waals surface area contributed by atoms with Crippen LogP contribution in [0.3, 0.4) is 0 Å². The van der Waals surface area contributed by atoms with Crippen LogP contribution in [-0.4, -0.2) is 40.2 Å². The monoisotopic (exact) mass is 325 g/mol. The molecule has 0 aliphatic heterocycles. The molecule has 1 amide bonds. The third-order valence-electron chi connectivity index (χ3n) is 3.60. The fourth-order valence-corrected chi connectivity index (χ4v) is 2.99. The van der Waals surface area contributed by atoms with Crippen LogP contribution in [0.1, 0.15) is 26.2 Å². The molecular formula is C16H20FNO3S. The molecule has 1 aromatic rings. The number of nitrogens with zero attached hydrogens (tertiary/aromatic N) is 1. The van der Waals surface area contributed by atoms with E-state index in [0.717, 1.165) is 17.7 Å². The topological polar surface area (TPSA) is 57.6 Å². The Hall–Kier alpha value is -1.56. The van der Waals surface area contributed by atoms with Crippen LogP contribution in [-0.2, 0) is 9.59 Å². The number of benzene rings is 1. The largest absolute Gasteiger partial charge is 0.481 e. The number of hydrogen-bond acceptors (Lipinski definition) is 3. The highest BCUT2D eigenvalue weighted by Crippen LogP contribution is 2.29. The SMILES string of the molecule is CC(CN(C(=O)CCSc1ccc(F)cc1)C1CC1)C(=O)O. The van der Waals surface area contributed by atoms with Gasteiger partial charge in [0.2, 0.25) is 5.91 Å². The molecule has 22 heavy (non-hydrogen) atoms. The van der Waals surface area contributed by atoms with Crippen LogP contribution < -0.4 is 0 Å². The van der Waals surface area contributed by atoms with Gasteiger partial charge in [0.25, 0.3) is 0 Å². The maximum absolute atomic E-state index is 12.8. The van der Waals surface area contributed by atoms with Crippen LogP contribution in [0, 0.1) is 11.7 Å². The summed E-state index contributed by atoms with van der Waals surface area (Å²) in [5.74, 6) is -1.09. The van der Waals surface area contributed by atoms with Gasteiger partial charge < -0.3 is 10.0 Å². The minimum Gasteiger partial charge on any atom is -0.481 e. The molecule has 6 heteroatoms. The average Bonchev–Trinajstić information content (AvgIpc) is 3.30. The second-order valence-electron chi connectivity index (χ2n) is 5.57. The zero-order valence-electron chi connectivity index (χ0n) is 12.5. The van der Waals surface area contributed by atoms with Crippen LogP contribution in [0.5, 0.6) is 0 Å². The number of hydrogen-bond donors (Lipinski definition) is 1. The summed E-state index contributed by atoms with van der Waals surface area (Å²) >= 11 is 1.50. The van der Waals surface area contributed by atoms with Gasteiger partial charge in [0.15, 0.2) is 0 Å². The highest BCUT2D eigenvalue weighted by molar-refractivity contribution is 7.99. The fourth-order valence-electron chi connectivity index (χ4n) is 2.14. The smallest absolute Gasteiger partial charge is 0.308 e. The minimum absolute atomic E-state index is 0.00483. The number of rotatable bonds is 8. The molecule has 120 valence electrons. The van der Waals surface area contributed by atoms with Crippen LogP contribution in [0.2, 0.25) is 0 Å². The third kappa shape index (κ3) is 5.02. The Balaban J connectivity index is 1.81. The zero-order chi connectivity index (χ0) is 16.1. The van der Waals surface area contributed by atoms with Crippen molar-refractivity contribution in [1.82, 2.24) is 4.90 Å². The summed E-state index contributed by atoms with van der Waals surface area (Å²) in [4.78, 5) is 25.9. The molecular weight excluding hydrogens is 305 g/mol. The van der Waals surface area contributed by atoms with Crippen molar-refractivity contribution in [2.45, 2.75) is 37.1 Å². The Morgan fingerprint density at radius 2 is 2.00 bits per heavy atom. The molecule has 0 radical (unpaired) electrons. The quantitative estimate of drug-likeness (QED) is 0.747. The number of carbonyl (C=O) groups excluding carboxylic acids is 1. The van der Waals surface area contributed by atoms with E-state index in [9.17, 15) is 14.0 Å². The van der Waals surface area contributed by atoms with Crippen molar-refractivity contribution in [3.8, 4) is 0 Å². The molecule has 2 rings (SSSR count). The van der Waals surface area contributed by atoms with Gasteiger partial charge in [-0.3, -0.25) is 9.59 Å². The van der Waals surface area contributed by atoms with Gasteiger partial charge in [0.1, 0.15) is 5.82 Å². The highest BCUT2D eigenvalue weighted by atomic mass is 32.2. The maximum atomic E-state index is 12.8. The zero-order valence-corrected chi connectivity index (χ0v) is 13.3. The van der Waals surface area contributed by atoms with Crippen molar-refractivity contribution in [3.05, 3.63) is 30.1 Å². The molecule has 1 N–H and O–H groups in total. The molecule has 0 bridgehead atoms. The van der Waals surface area contributed by atoms with E-state index in [1.807, 2.05) is 0 Å². The summed E-state index contributed by atoms with van der Waals surface area (Å²) in [6, 6.07) is 6.39. The molecule has 0 heterocycles. The van der Waals surface area contributed by atoms with Crippen LogP contribution in [0.4, 0.5) is 4.39 Å². The lowest BCUT2D eigenvalue weighted by Gasteiger charge is -2.24. The Morgan fingerprint density at radius 1 is 1.36 bits per heavy atom. The molecule has 1 atom stereocenters. The molecule has 1 aliphatic rings. The van der Waals surface area contributed by atoms with E-state index in [1.165, 1.54) is 23.9 Å². The van der Waals surface area contributed by atoms with Crippen molar-refractivity contribution in [2.75, 3.05) is 12.3 Å². The van der Waals surface area contributed by atoms with E-state index in [2.05, 4.69) is 0 Å². The summed E-state index contributed by atoms with van der Waals surface area (Å²) in [5.41, 5.74) is 0. The molecule has 1 unspecified atom stereocenters. The first-order valence-corrected chi connectivity index (χ1v) is 8.36. The first kappa shape index (κ1) is 16.8. The standard InChI is InChI=1S/C16H20FNO3S/c1-11(16(20)21)10-18(13-4-5-13)15(19)8-9-22-14-6-2-12(17)3-7-14/h2-3,6-7,11,13H,4-5,8-10H2,1H3,(H,20,21). The summed E-state index contributed by atoms with van der Waals surface area (Å²) < 4.78 is 12.8. The highest BCUT2D eigenvalue weighted by Gasteiger charge is 2.34. The Morgan fingerprint density at radius 3 is 2.55 bits per heavy atom. The maximum Gasteiger partial charge on any atom is 0.308 e. The molecule has 1 aromatic carbocycles. The second-order valence-corrected chi connectivity index (χ2v) is 6.74. The van der Waals surface area contributed by atoms with Gasteiger partial charge in [-0.1, -0.05) is 6.92 Å². The van der Waals surface area contributed by atoms with Crippen LogP contribution in [0.25, 0.3) is 0 Å². The van der Waals surface area contributed by atoms with Crippen molar-refractivity contribution in [3.63, 3.8) is 0 Å². The van der Waals surface area contributed by atoms with Crippen molar-refractivity contribution in [1.29, 1.82) is 0 Å². The molecule has 0 saturated heterocycles. The molecule has 1 fully saturated rings. The van der Waals surface area contributed by atoms with Gasteiger partial charge >= 0.3 is 5.97 Å². The number of carboxylic acid groups (broad SMARTS) is 1. The van der Waals surface area contributed by atoms with Crippen LogP contribution >= 0.6 is 11.8 Å². The number of carboxylic acids is 1. The van der Waals surface area contributed by atoms with Crippen molar-refractivity contribution in [2.24, 2.45) is 5.92 Å². The van der Waals surface area contributed by atoms with E-state index in [-0.39, 0.29) is 24.3 Å². The van der Waals surface area contributed by atoms with Gasteiger partial charge in [-0.15, -0.1) is 11.8 Å². The first-order valence-electron chi connectivity index (χ1n) is 7.38. The first-order chi connectivity index (χ1) is 10.5. The summed E-state index contributed by atoms with van der Waals surface area (Å²) in [5, 5.41) is 8.99. The van der Waals surface area contributed by atoms with E-state index < -0.39 is 11.9 Å². The lowest BCUT2D eigenvalue weighted by molar-refractivity contribution is -0.143. The normalized spacial score (nSPS) is 15.4. The minimum atomic E-state index is -0.876. The third-order valence-corrected chi connectivity index (χ3v) is 4.61.